The monoisotopic (exact) mass is 246 g/mol. The minimum absolute atomic E-state index is 0.131. The lowest BCUT2D eigenvalue weighted by Crippen LogP contribution is -2.36. The molecule has 0 aromatic carbocycles. The Hall–Kier alpha value is -1.58. The van der Waals surface area contributed by atoms with E-state index in [1.807, 2.05) is 12.3 Å². The van der Waals surface area contributed by atoms with E-state index in [-0.39, 0.29) is 5.84 Å². The predicted molar refractivity (Wildman–Crippen MR) is 75.1 cm³/mol. The van der Waals surface area contributed by atoms with Crippen molar-refractivity contribution >= 4 is 11.5 Å². The molecule has 1 atom stereocenters. The highest BCUT2D eigenvalue weighted by Gasteiger charge is 2.22. The van der Waals surface area contributed by atoms with E-state index >= 15 is 0 Å². The quantitative estimate of drug-likeness (QED) is 0.636. The third-order valence-corrected chi connectivity index (χ3v) is 3.75. The van der Waals surface area contributed by atoms with Gasteiger partial charge in [0, 0.05) is 24.3 Å². The highest BCUT2D eigenvalue weighted by Crippen LogP contribution is 2.27. The second kappa shape index (κ2) is 5.85. The molecule has 2 rings (SSSR count). The van der Waals surface area contributed by atoms with Gasteiger partial charge in [0.05, 0.1) is 11.9 Å². The van der Waals surface area contributed by atoms with Crippen LogP contribution in [0.25, 0.3) is 0 Å². The first kappa shape index (κ1) is 12.9. The molecule has 1 aliphatic heterocycles. The van der Waals surface area contributed by atoms with Gasteiger partial charge in [0.1, 0.15) is 5.84 Å². The standard InChI is InChI=1S/C14H22N4/c1-2-11-6-4-3-5-9-18(11)13-10-17-8-7-12(13)14(15)16/h7-8,10-11H,2-6,9H2,1H3,(H3,15,16). The molecule has 0 amide bonds. The maximum atomic E-state index is 7.70. The fourth-order valence-electron chi connectivity index (χ4n) is 2.76. The Balaban J connectivity index is 2.35. The van der Waals surface area contributed by atoms with Crippen LogP contribution in [0.15, 0.2) is 18.5 Å². The van der Waals surface area contributed by atoms with E-state index in [1.165, 1.54) is 25.7 Å². The summed E-state index contributed by atoms with van der Waals surface area (Å²) >= 11 is 0. The van der Waals surface area contributed by atoms with Gasteiger partial charge in [0.25, 0.3) is 0 Å². The van der Waals surface area contributed by atoms with E-state index in [0.717, 1.165) is 24.2 Å². The summed E-state index contributed by atoms with van der Waals surface area (Å²) in [6.45, 7) is 3.28. The summed E-state index contributed by atoms with van der Waals surface area (Å²) < 4.78 is 0. The summed E-state index contributed by atoms with van der Waals surface area (Å²) in [6, 6.07) is 2.39. The van der Waals surface area contributed by atoms with Crippen LogP contribution in [-0.2, 0) is 0 Å². The normalized spacial score (nSPS) is 20.5. The SMILES string of the molecule is CCC1CCCCCN1c1cnccc1C(=N)N. The molecule has 1 aromatic heterocycles. The van der Waals surface area contributed by atoms with Gasteiger partial charge in [0.2, 0.25) is 0 Å². The maximum Gasteiger partial charge on any atom is 0.125 e. The molecule has 3 N–H and O–H groups in total. The molecular formula is C14H22N4. The van der Waals surface area contributed by atoms with Crippen molar-refractivity contribution in [2.24, 2.45) is 5.73 Å². The number of hydrogen-bond acceptors (Lipinski definition) is 3. The molecule has 1 aliphatic rings. The van der Waals surface area contributed by atoms with Crippen molar-refractivity contribution < 1.29 is 0 Å². The number of nitrogens with one attached hydrogen (secondary N) is 1. The maximum absolute atomic E-state index is 7.70. The second-order valence-corrected chi connectivity index (χ2v) is 4.91. The lowest BCUT2D eigenvalue weighted by atomic mass is 10.1. The topological polar surface area (TPSA) is 66.0 Å². The fraction of sp³-hybridized carbons (Fsp3) is 0.571. The van der Waals surface area contributed by atoms with Crippen LogP contribution in [0.2, 0.25) is 0 Å². The Morgan fingerprint density at radius 1 is 1.50 bits per heavy atom. The highest BCUT2D eigenvalue weighted by molar-refractivity contribution is 6.00. The van der Waals surface area contributed by atoms with Crippen molar-refractivity contribution in [2.45, 2.75) is 45.1 Å². The molecule has 0 radical (unpaired) electrons. The molecule has 2 heterocycles. The molecule has 4 nitrogen and oxygen atoms in total. The average molecular weight is 246 g/mol. The Morgan fingerprint density at radius 2 is 2.33 bits per heavy atom. The van der Waals surface area contributed by atoms with Gasteiger partial charge in [-0.05, 0) is 25.3 Å². The van der Waals surface area contributed by atoms with Crippen molar-refractivity contribution in [1.82, 2.24) is 4.98 Å². The number of pyridine rings is 1. The lowest BCUT2D eigenvalue weighted by Gasteiger charge is -2.32. The average Bonchev–Trinajstić information content (AvgIpc) is 2.63. The van der Waals surface area contributed by atoms with E-state index in [1.54, 1.807) is 6.20 Å². The first-order chi connectivity index (χ1) is 8.74. The molecule has 0 saturated carbocycles. The molecule has 1 unspecified atom stereocenters. The van der Waals surface area contributed by atoms with Crippen LogP contribution in [0, 0.1) is 5.41 Å². The molecule has 1 aromatic rings. The van der Waals surface area contributed by atoms with Gasteiger partial charge in [-0.1, -0.05) is 19.8 Å². The van der Waals surface area contributed by atoms with Crippen LogP contribution < -0.4 is 10.6 Å². The van der Waals surface area contributed by atoms with Crippen molar-refractivity contribution in [3.05, 3.63) is 24.0 Å². The molecule has 1 fully saturated rings. The van der Waals surface area contributed by atoms with Crippen LogP contribution in [0.4, 0.5) is 5.69 Å². The van der Waals surface area contributed by atoms with E-state index in [4.69, 9.17) is 11.1 Å². The largest absolute Gasteiger partial charge is 0.384 e. The number of rotatable bonds is 3. The zero-order chi connectivity index (χ0) is 13.0. The van der Waals surface area contributed by atoms with Gasteiger partial charge in [-0.25, -0.2) is 0 Å². The predicted octanol–water partition coefficient (Wildman–Crippen LogP) is 2.52. The summed E-state index contributed by atoms with van der Waals surface area (Å²) in [5.41, 5.74) is 7.51. The minimum atomic E-state index is 0.131. The second-order valence-electron chi connectivity index (χ2n) is 4.91. The van der Waals surface area contributed by atoms with Gasteiger partial charge < -0.3 is 10.6 Å². The van der Waals surface area contributed by atoms with Crippen molar-refractivity contribution in [1.29, 1.82) is 5.41 Å². The van der Waals surface area contributed by atoms with Crippen LogP contribution in [0.1, 0.15) is 44.6 Å². The lowest BCUT2D eigenvalue weighted by molar-refractivity contribution is 0.555. The smallest absolute Gasteiger partial charge is 0.125 e. The zero-order valence-electron chi connectivity index (χ0n) is 11.0. The summed E-state index contributed by atoms with van der Waals surface area (Å²) in [5.74, 6) is 0.131. The van der Waals surface area contributed by atoms with E-state index in [2.05, 4.69) is 16.8 Å². The molecular weight excluding hydrogens is 224 g/mol. The number of hydrogen-bond donors (Lipinski definition) is 2. The van der Waals surface area contributed by atoms with Crippen LogP contribution in [0.3, 0.4) is 0 Å². The van der Waals surface area contributed by atoms with Gasteiger partial charge in [-0.2, -0.15) is 0 Å². The van der Waals surface area contributed by atoms with E-state index < -0.39 is 0 Å². The molecule has 18 heavy (non-hydrogen) atoms. The Bertz CT molecular complexity index is 416. The number of amidine groups is 1. The Kier molecular flexibility index (Phi) is 4.18. The third kappa shape index (κ3) is 2.63. The molecule has 4 heteroatoms. The number of aromatic nitrogens is 1. The summed E-state index contributed by atoms with van der Waals surface area (Å²) in [4.78, 5) is 6.61. The van der Waals surface area contributed by atoms with Gasteiger partial charge in [0.15, 0.2) is 0 Å². The van der Waals surface area contributed by atoms with Crippen LogP contribution in [0.5, 0.6) is 0 Å². The van der Waals surface area contributed by atoms with Crippen molar-refractivity contribution in [2.75, 3.05) is 11.4 Å². The summed E-state index contributed by atoms with van der Waals surface area (Å²) in [6.07, 6.45) is 9.72. The highest BCUT2D eigenvalue weighted by atomic mass is 15.2. The number of anilines is 1. The van der Waals surface area contributed by atoms with Gasteiger partial charge in [-0.15, -0.1) is 0 Å². The number of nitrogens with two attached hydrogens (primary N) is 1. The van der Waals surface area contributed by atoms with Gasteiger partial charge >= 0.3 is 0 Å². The first-order valence-electron chi connectivity index (χ1n) is 6.79. The Labute approximate surface area is 109 Å². The van der Waals surface area contributed by atoms with E-state index in [0.29, 0.717) is 6.04 Å². The molecule has 0 spiro atoms. The van der Waals surface area contributed by atoms with Gasteiger partial charge in [-0.3, -0.25) is 10.4 Å². The molecule has 98 valence electrons. The molecule has 0 bridgehead atoms. The van der Waals surface area contributed by atoms with Crippen LogP contribution >= 0.6 is 0 Å². The zero-order valence-corrected chi connectivity index (χ0v) is 11.0. The number of nitrogen functional groups attached to an aromatic ring is 1. The summed E-state index contributed by atoms with van der Waals surface area (Å²) in [7, 11) is 0. The third-order valence-electron chi connectivity index (χ3n) is 3.75. The Morgan fingerprint density at radius 3 is 3.06 bits per heavy atom. The van der Waals surface area contributed by atoms with Crippen molar-refractivity contribution in [3.63, 3.8) is 0 Å². The fourth-order valence-corrected chi connectivity index (χ4v) is 2.76. The summed E-state index contributed by atoms with van der Waals surface area (Å²) in [5, 5.41) is 7.70. The van der Waals surface area contributed by atoms with Crippen molar-refractivity contribution in [3.8, 4) is 0 Å². The van der Waals surface area contributed by atoms with Crippen LogP contribution in [-0.4, -0.2) is 23.4 Å². The minimum Gasteiger partial charge on any atom is -0.384 e. The number of nitrogens with zero attached hydrogens (tertiary/aromatic N) is 2. The first-order valence-corrected chi connectivity index (χ1v) is 6.79. The molecule has 0 aliphatic carbocycles. The molecule has 1 saturated heterocycles. The van der Waals surface area contributed by atoms with E-state index in [9.17, 15) is 0 Å².